The van der Waals surface area contributed by atoms with Gasteiger partial charge in [0.1, 0.15) is 0 Å². The molecule has 0 aliphatic carbocycles. The molecule has 1 N–H and O–H groups in total. The van der Waals surface area contributed by atoms with Crippen molar-refractivity contribution in [1.29, 1.82) is 0 Å². The molecule has 5 nitrogen and oxygen atoms in total. The first-order valence-corrected chi connectivity index (χ1v) is 8.89. The molecule has 0 atom stereocenters. The molecule has 21 heavy (non-hydrogen) atoms. The summed E-state index contributed by atoms with van der Waals surface area (Å²) in [6, 6.07) is 3.25. The lowest BCUT2D eigenvalue weighted by molar-refractivity contribution is 0.560. The molecule has 1 aromatic carbocycles. The molecule has 0 fully saturated rings. The SMILES string of the molecule is Cc1cc(S(=O)(=O)NCCn2cc(Br)cn2)c(C)cc1Cl. The van der Waals surface area contributed by atoms with E-state index in [2.05, 4.69) is 25.8 Å². The topological polar surface area (TPSA) is 64.0 Å². The number of rotatable bonds is 5. The summed E-state index contributed by atoms with van der Waals surface area (Å²) in [5, 5.41) is 4.63. The highest BCUT2D eigenvalue weighted by Crippen LogP contribution is 2.23. The fourth-order valence-electron chi connectivity index (χ4n) is 1.88. The molecule has 2 aromatic rings. The molecule has 0 unspecified atom stereocenters. The lowest BCUT2D eigenvalue weighted by atomic mass is 10.2. The van der Waals surface area contributed by atoms with Crippen molar-refractivity contribution in [2.24, 2.45) is 0 Å². The average Bonchev–Trinajstić information content (AvgIpc) is 2.79. The Bertz CT molecular complexity index is 759. The fraction of sp³-hybridized carbons (Fsp3) is 0.308. The number of nitrogens with one attached hydrogen (secondary N) is 1. The van der Waals surface area contributed by atoms with Gasteiger partial charge in [-0.2, -0.15) is 5.10 Å². The first-order valence-electron chi connectivity index (χ1n) is 6.24. The second kappa shape index (κ2) is 6.48. The highest BCUT2D eigenvalue weighted by molar-refractivity contribution is 9.10. The molecule has 0 amide bonds. The second-order valence-electron chi connectivity index (χ2n) is 4.69. The van der Waals surface area contributed by atoms with E-state index >= 15 is 0 Å². The van der Waals surface area contributed by atoms with Crippen molar-refractivity contribution >= 4 is 37.6 Å². The summed E-state index contributed by atoms with van der Waals surface area (Å²) in [5.74, 6) is 0. The molecule has 0 aliphatic rings. The molecule has 0 aliphatic heterocycles. The highest BCUT2D eigenvalue weighted by Gasteiger charge is 2.17. The Labute approximate surface area is 137 Å². The first kappa shape index (κ1) is 16.5. The van der Waals surface area contributed by atoms with Gasteiger partial charge in [-0.1, -0.05) is 11.6 Å². The maximum Gasteiger partial charge on any atom is 0.240 e. The number of hydrogen-bond acceptors (Lipinski definition) is 3. The van der Waals surface area contributed by atoms with Crippen LogP contribution in [0.25, 0.3) is 0 Å². The van der Waals surface area contributed by atoms with Crippen LogP contribution in [0.3, 0.4) is 0 Å². The van der Waals surface area contributed by atoms with Gasteiger partial charge in [0.2, 0.25) is 10.0 Å². The van der Waals surface area contributed by atoms with Crippen LogP contribution in [0.1, 0.15) is 11.1 Å². The summed E-state index contributed by atoms with van der Waals surface area (Å²) in [6.07, 6.45) is 3.44. The maximum atomic E-state index is 12.3. The second-order valence-corrected chi connectivity index (χ2v) is 7.74. The quantitative estimate of drug-likeness (QED) is 0.851. The third-order valence-corrected chi connectivity index (χ3v) is 5.40. The molecule has 0 bridgehead atoms. The number of hydrogen-bond donors (Lipinski definition) is 1. The summed E-state index contributed by atoms with van der Waals surface area (Å²) < 4.78 is 29.7. The maximum absolute atomic E-state index is 12.3. The Hall–Kier alpha value is -0.890. The van der Waals surface area contributed by atoms with Crippen molar-refractivity contribution in [3.05, 3.63) is 45.1 Å². The van der Waals surface area contributed by atoms with E-state index in [1.807, 2.05) is 0 Å². The minimum absolute atomic E-state index is 0.256. The summed E-state index contributed by atoms with van der Waals surface area (Å²) >= 11 is 9.28. The molecular weight excluding hydrogens is 378 g/mol. The van der Waals surface area contributed by atoms with Gasteiger partial charge >= 0.3 is 0 Å². The lowest BCUT2D eigenvalue weighted by Gasteiger charge is -2.11. The largest absolute Gasteiger partial charge is 0.270 e. The van der Waals surface area contributed by atoms with Crippen molar-refractivity contribution in [2.75, 3.05) is 6.54 Å². The van der Waals surface area contributed by atoms with Crippen LogP contribution in [0.2, 0.25) is 5.02 Å². The number of halogens is 2. The average molecular weight is 393 g/mol. The van der Waals surface area contributed by atoms with Crippen LogP contribution < -0.4 is 4.72 Å². The lowest BCUT2D eigenvalue weighted by Crippen LogP contribution is -2.28. The Balaban J connectivity index is 2.10. The van der Waals surface area contributed by atoms with E-state index in [1.165, 1.54) is 0 Å². The van der Waals surface area contributed by atoms with Crippen molar-refractivity contribution in [1.82, 2.24) is 14.5 Å². The van der Waals surface area contributed by atoms with E-state index in [4.69, 9.17) is 11.6 Å². The predicted octanol–water partition coefficient (Wildman–Crippen LogP) is 2.89. The Morgan fingerprint density at radius 2 is 2.05 bits per heavy atom. The Kier molecular flexibility index (Phi) is 5.08. The zero-order chi connectivity index (χ0) is 15.6. The van der Waals surface area contributed by atoms with Gasteiger partial charge in [-0.05, 0) is 53.0 Å². The predicted molar refractivity (Wildman–Crippen MR) is 86.0 cm³/mol. The zero-order valence-electron chi connectivity index (χ0n) is 11.6. The van der Waals surface area contributed by atoms with E-state index < -0.39 is 10.0 Å². The van der Waals surface area contributed by atoms with E-state index in [9.17, 15) is 8.42 Å². The summed E-state index contributed by atoms with van der Waals surface area (Å²) in [7, 11) is -3.56. The Morgan fingerprint density at radius 3 is 2.67 bits per heavy atom. The normalized spacial score (nSPS) is 11.8. The molecule has 8 heteroatoms. The van der Waals surface area contributed by atoms with Crippen LogP contribution in [-0.4, -0.2) is 24.7 Å². The van der Waals surface area contributed by atoms with Gasteiger partial charge in [-0.25, -0.2) is 13.1 Å². The molecule has 0 radical (unpaired) electrons. The van der Waals surface area contributed by atoms with Gasteiger partial charge in [0.15, 0.2) is 0 Å². The third kappa shape index (κ3) is 4.06. The van der Waals surface area contributed by atoms with Crippen molar-refractivity contribution in [2.45, 2.75) is 25.3 Å². The number of sulfonamides is 1. The number of aromatic nitrogens is 2. The zero-order valence-corrected chi connectivity index (χ0v) is 14.8. The van der Waals surface area contributed by atoms with Crippen molar-refractivity contribution in [3.63, 3.8) is 0 Å². The number of aryl methyl sites for hydroxylation is 2. The molecule has 114 valence electrons. The molecule has 0 spiro atoms. The molecule has 2 rings (SSSR count). The smallest absolute Gasteiger partial charge is 0.240 e. The molecule has 0 saturated heterocycles. The Morgan fingerprint density at radius 1 is 1.33 bits per heavy atom. The van der Waals surface area contributed by atoms with Crippen LogP contribution >= 0.6 is 27.5 Å². The minimum atomic E-state index is -3.56. The summed E-state index contributed by atoms with van der Waals surface area (Å²) in [4.78, 5) is 0.256. The summed E-state index contributed by atoms with van der Waals surface area (Å²) in [5.41, 5.74) is 1.36. The van der Waals surface area contributed by atoms with E-state index in [1.54, 1.807) is 43.1 Å². The molecular formula is C13H15BrClN3O2S. The number of benzene rings is 1. The van der Waals surface area contributed by atoms with Crippen LogP contribution in [-0.2, 0) is 16.6 Å². The van der Waals surface area contributed by atoms with E-state index in [-0.39, 0.29) is 11.4 Å². The van der Waals surface area contributed by atoms with Crippen molar-refractivity contribution in [3.8, 4) is 0 Å². The van der Waals surface area contributed by atoms with Crippen LogP contribution in [0.5, 0.6) is 0 Å². The summed E-state index contributed by atoms with van der Waals surface area (Å²) in [6.45, 7) is 4.22. The van der Waals surface area contributed by atoms with E-state index in [0.29, 0.717) is 17.1 Å². The third-order valence-electron chi connectivity index (χ3n) is 2.98. The fourth-order valence-corrected chi connectivity index (χ4v) is 3.75. The van der Waals surface area contributed by atoms with Gasteiger partial charge in [0.05, 0.1) is 22.1 Å². The van der Waals surface area contributed by atoms with Crippen LogP contribution in [0.4, 0.5) is 0 Å². The van der Waals surface area contributed by atoms with Gasteiger partial charge < -0.3 is 0 Å². The number of nitrogens with zero attached hydrogens (tertiary/aromatic N) is 2. The molecule has 0 saturated carbocycles. The van der Waals surface area contributed by atoms with Gasteiger partial charge in [0, 0.05) is 17.8 Å². The van der Waals surface area contributed by atoms with Gasteiger partial charge in [0.25, 0.3) is 0 Å². The standard InChI is InChI=1S/C13H15BrClN3O2S/c1-9-6-13(10(2)5-12(9)15)21(19,20)17-3-4-18-8-11(14)7-16-18/h5-8,17H,3-4H2,1-2H3. The molecule has 1 heterocycles. The van der Waals surface area contributed by atoms with Crippen LogP contribution in [0.15, 0.2) is 33.9 Å². The van der Waals surface area contributed by atoms with Crippen LogP contribution in [0, 0.1) is 13.8 Å². The highest BCUT2D eigenvalue weighted by atomic mass is 79.9. The van der Waals surface area contributed by atoms with Crippen molar-refractivity contribution < 1.29 is 8.42 Å². The van der Waals surface area contributed by atoms with Gasteiger partial charge in [-0.3, -0.25) is 4.68 Å². The monoisotopic (exact) mass is 391 g/mol. The van der Waals surface area contributed by atoms with E-state index in [0.717, 1.165) is 10.0 Å². The van der Waals surface area contributed by atoms with Gasteiger partial charge in [-0.15, -0.1) is 0 Å². The molecule has 1 aromatic heterocycles. The first-order chi connectivity index (χ1) is 9.79. The minimum Gasteiger partial charge on any atom is -0.270 e.